The maximum atomic E-state index is 12.5. The summed E-state index contributed by atoms with van der Waals surface area (Å²) in [5.41, 5.74) is 0.764. The summed E-state index contributed by atoms with van der Waals surface area (Å²) in [5, 5.41) is -0.557. The molecule has 1 aromatic carbocycles. The second kappa shape index (κ2) is 7.15. The summed E-state index contributed by atoms with van der Waals surface area (Å²) in [6, 6.07) is 12.3. The molecular weight excluding hydrogens is 352 g/mol. The molecule has 0 amide bonds. The van der Waals surface area contributed by atoms with Crippen LogP contribution in [0, 0.1) is 0 Å². The summed E-state index contributed by atoms with van der Waals surface area (Å²) in [6.45, 7) is 3.27. The Bertz CT molecular complexity index is 850. The zero-order valence-corrected chi connectivity index (χ0v) is 15.5. The Morgan fingerprint density at radius 1 is 1.00 bits per heavy atom. The molecule has 4 nitrogen and oxygen atoms in total. The Morgan fingerprint density at radius 2 is 1.65 bits per heavy atom. The minimum Gasteiger partial charge on any atom is -0.228 e. The molecule has 0 aliphatic heterocycles. The van der Waals surface area contributed by atoms with Gasteiger partial charge in [0.15, 0.2) is 19.7 Å². The van der Waals surface area contributed by atoms with Gasteiger partial charge in [-0.15, -0.1) is 11.3 Å². The number of thiophene rings is 1. The van der Waals surface area contributed by atoms with Crippen molar-refractivity contribution in [1.82, 2.24) is 0 Å². The van der Waals surface area contributed by atoms with Gasteiger partial charge in [-0.2, -0.15) is 0 Å². The second-order valence-corrected chi connectivity index (χ2v) is 11.5. The highest BCUT2D eigenvalue weighted by Crippen LogP contribution is 2.25. The highest BCUT2D eigenvalue weighted by Gasteiger charge is 2.23. The van der Waals surface area contributed by atoms with E-state index in [9.17, 15) is 16.8 Å². The van der Waals surface area contributed by atoms with Gasteiger partial charge in [-0.1, -0.05) is 37.3 Å². The second-order valence-electron chi connectivity index (χ2n) is 5.43. The number of hydrogen-bond acceptors (Lipinski definition) is 5. The first-order chi connectivity index (χ1) is 10.7. The fourth-order valence-electron chi connectivity index (χ4n) is 2.14. The van der Waals surface area contributed by atoms with Crippen LogP contribution in [0.1, 0.15) is 24.3 Å². The fourth-order valence-corrected chi connectivity index (χ4v) is 6.22. The van der Waals surface area contributed by atoms with Gasteiger partial charge in [0.2, 0.25) is 0 Å². The van der Waals surface area contributed by atoms with Gasteiger partial charge in [0.05, 0.1) is 16.8 Å². The summed E-state index contributed by atoms with van der Waals surface area (Å²) in [6.07, 6.45) is 0.332. The summed E-state index contributed by atoms with van der Waals surface area (Å²) in [4.78, 5) is 0.779. The Balaban J connectivity index is 2.11. The highest BCUT2D eigenvalue weighted by molar-refractivity contribution is 7.93. The minimum absolute atomic E-state index is 0.000494. The Hall–Kier alpha value is -1.18. The lowest BCUT2D eigenvalue weighted by atomic mass is 10.2. The standard InChI is InChI=1S/C16H20O4S3/c1-3-22(17,18)16-10-9-15(21-16)11-13(2)23(19,20)12-14-7-5-4-6-8-14/h4-10,13H,3,11-12H2,1-2H3. The van der Waals surface area contributed by atoms with E-state index in [1.165, 1.54) is 0 Å². The van der Waals surface area contributed by atoms with Gasteiger partial charge >= 0.3 is 0 Å². The lowest BCUT2D eigenvalue weighted by molar-refractivity contribution is 0.582. The van der Waals surface area contributed by atoms with Crippen molar-refractivity contribution in [3.8, 4) is 0 Å². The molecule has 23 heavy (non-hydrogen) atoms. The quantitative estimate of drug-likeness (QED) is 0.749. The van der Waals surface area contributed by atoms with E-state index >= 15 is 0 Å². The van der Waals surface area contributed by atoms with E-state index in [-0.39, 0.29) is 11.5 Å². The van der Waals surface area contributed by atoms with Crippen LogP contribution in [0.3, 0.4) is 0 Å². The van der Waals surface area contributed by atoms with E-state index < -0.39 is 24.9 Å². The summed E-state index contributed by atoms with van der Waals surface area (Å²) in [5.74, 6) is 0.0509. The molecule has 2 rings (SSSR count). The molecule has 0 N–H and O–H groups in total. The van der Waals surface area contributed by atoms with Gasteiger partial charge in [-0.3, -0.25) is 0 Å². The van der Waals surface area contributed by atoms with E-state index in [0.717, 1.165) is 21.8 Å². The first-order valence-corrected chi connectivity index (χ1v) is 11.5. The van der Waals surface area contributed by atoms with Gasteiger partial charge in [-0.25, -0.2) is 16.8 Å². The SMILES string of the molecule is CCS(=O)(=O)c1ccc(CC(C)S(=O)(=O)Cc2ccccc2)s1. The van der Waals surface area contributed by atoms with Crippen LogP contribution in [-0.2, 0) is 31.8 Å². The number of hydrogen-bond donors (Lipinski definition) is 0. The van der Waals surface area contributed by atoms with Crippen molar-refractivity contribution >= 4 is 31.0 Å². The van der Waals surface area contributed by atoms with Gasteiger partial charge < -0.3 is 0 Å². The fraction of sp³-hybridized carbons (Fsp3) is 0.375. The molecule has 1 atom stereocenters. The van der Waals surface area contributed by atoms with Crippen LogP contribution in [0.2, 0.25) is 0 Å². The first-order valence-electron chi connectivity index (χ1n) is 7.31. The van der Waals surface area contributed by atoms with Crippen LogP contribution >= 0.6 is 11.3 Å². The van der Waals surface area contributed by atoms with Crippen molar-refractivity contribution < 1.29 is 16.8 Å². The van der Waals surface area contributed by atoms with Crippen molar-refractivity contribution in [2.24, 2.45) is 0 Å². The molecule has 1 aromatic heterocycles. The van der Waals surface area contributed by atoms with Crippen molar-refractivity contribution in [3.05, 3.63) is 52.9 Å². The summed E-state index contributed by atoms with van der Waals surface area (Å²) >= 11 is 1.16. The largest absolute Gasteiger partial charge is 0.228 e. The van der Waals surface area contributed by atoms with Crippen LogP contribution in [0.4, 0.5) is 0 Å². The zero-order valence-electron chi connectivity index (χ0n) is 13.1. The normalized spacial score (nSPS) is 13.8. The van der Waals surface area contributed by atoms with Crippen molar-refractivity contribution in [2.75, 3.05) is 5.75 Å². The monoisotopic (exact) mass is 372 g/mol. The predicted molar refractivity (Wildman–Crippen MR) is 94.3 cm³/mol. The zero-order chi connectivity index (χ0) is 17.1. The third-order valence-electron chi connectivity index (χ3n) is 3.64. The topological polar surface area (TPSA) is 68.3 Å². The molecule has 2 aromatic rings. The number of benzene rings is 1. The molecule has 1 unspecified atom stereocenters. The highest BCUT2D eigenvalue weighted by atomic mass is 32.2. The maximum absolute atomic E-state index is 12.5. The van der Waals surface area contributed by atoms with Gasteiger partial charge in [-0.05, 0) is 31.0 Å². The molecule has 7 heteroatoms. The van der Waals surface area contributed by atoms with Crippen molar-refractivity contribution in [1.29, 1.82) is 0 Å². The molecule has 0 spiro atoms. The molecule has 0 saturated carbocycles. The molecule has 0 aliphatic carbocycles. The number of sulfone groups is 2. The minimum atomic E-state index is -3.29. The van der Waals surface area contributed by atoms with E-state index in [2.05, 4.69) is 0 Å². The van der Waals surface area contributed by atoms with Crippen LogP contribution in [0.15, 0.2) is 46.7 Å². The van der Waals surface area contributed by atoms with Crippen molar-refractivity contribution in [3.63, 3.8) is 0 Å². The Morgan fingerprint density at radius 3 is 2.26 bits per heavy atom. The summed E-state index contributed by atoms with van der Waals surface area (Å²) in [7, 11) is -6.51. The molecule has 0 bridgehead atoms. The van der Waals surface area contributed by atoms with E-state index in [1.807, 2.05) is 18.2 Å². The first kappa shape index (κ1) is 18.2. The van der Waals surface area contributed by atoms with E-state index in [4.69, 9.17) is 0 Å². The predicted octanol–water partition coefficient (Wildman–Crippen LogP) is 3.09. The molecule has 1 heterocycles. The average Bonchev–Trinajstić information content (AvgIpc) is 2.97. The maximum Gasteiger partial charge on any atom is 0.187 e. The third kappa shape index (κ3) is 4.65. The third-order valence-corrected chi connectivity index (χ3v) is 9.19. The lowest BCUT2D eigenvalue weighted by Gasteiger charge is -2.12. The van der Waals surface area contributed by atoms with Crippen LogP contribution in [0.25, 0.3) is 0 Å². The smallest absolute Gasteiger partial charge is 0.187 e. The van der Waals surface area contributed by atoms with Gasteiger partial charge in [0.1, 0.15) is 4.21 Å². The average molecular weight is 373 g/mol. The van der Waals surface area contributed by atoms with Crippen molar-refractivity contribution in [2.45, 2.75) is 35.5 Å². The molecule has 0 fully saturated rings. The molecule has 126 valence electrons. The molecular formula is C16H20O4S3. The lowest BCUT2D eigenvalue weighted by Crippen LogP contribution is -2.21. The van der Waals surface area contributed by atoms with Crippen LogP contribution in [-0.4, -0.2) is 27.8 Å². The van der Waals surface area contributed by atoms with Crippen LogP contribution in [0.5, 0.6) is 0 Å². The van der Waals surface area contributed by atoms with E-state index in [0.29, 0.717) is 10.6 Å². The van der Waals surface area contributed by atoms with Gasteiger partial charge in [0, 0.05) is 4.88 Å². The number of rotatable bonds is 7. The molecule has 0 saturated heterocycles. The molecule has 0 radical (unpaired) electrons. The summed E-state index contributed by atoms with van der Waals surface area (Å²) < 4.78 is 48.9. The van der Waals surface area contributed by atoms with E-state index in [1.54, 1.807) is 38.1 Å². The molecule has 0 aliphatic rings. The Labute approximate surface area is 142 Å². The van der Waals surface area contributed by atoms with Gasteiger partial charge in [0.25, 0.3) is 0 Å². The Kier molecular flexibility index (Phi) is 5.65. The van der Waals surface area contributed by atoms with Crippen LogP contribution < -0.4 is 0 Å².